The third-order valence-corrected chi connectivity index (χ3v) is 5.17. The first-order valence-electron chi connectivity index (χ1n) is 9.86. The molecule has 4 rings (SSSR count). The number of carbonyl (C=O) groups excluding carboxylic acids is 1. The first-order chi connectivity index (χ1) is 13.4. The molecule has 0 aromatic heterocycles. The van der Waals surface area contributed by atoms with Crippen LogP contribution in [-0.2, 0) is 9.47 Å². The standard InChI is InChI=1S/C24H27NO3/c1-24(2,3)28-23(26)25-21-13-20(14-22(25)16-27-15-21)19-11-9-18(10-12-19)17-7-5-4-6-8-17/h4-13,21-22H,14-16H2,1-3H3. The molecule has 1 amide bonds. The maximum atomic E-state index is 12.7. The number of morpholine rings is 1. The SMILES string of the molecule is CC(C)(C)OC(=O)N1C2C=C(c3ccc(-c4ccccc4)cc3)CC1COC2. The van der Waals surface area contributed by atoms with Crippen LogP contribution in [0.2, 0.25) is 0 Å². The molecule has 1 fully saturated rings. The predicted octanol–water partition coefficient (Wildman–Crippen LogP) is 5.15. The molecule has 146 valence electrons. The molecule has 0 radical (unpaired) electrons. The lowest BCUT2D eigenvalue weighted by Crippen LogP contribution is -2.57. The summed E-state index contributed by atoms with van der Waals surface area (Å²) >= 11 is 0. The van der Waals surface area contributed by atoms with E-state index in [0.717, 1.165) is 6.42 Å². The fraction of sp³-hybridized carbons (Fsp3) is 0.375. The van der Waals surface area contributed by atoms with E-state index in [-0.39, 0.29) is 18.2 Å². The fourth-order valence-corrected chi connectivity index (χ4v) is 3.92. The van der Waals surface area contributed by atoms with E-state index >= 15 is 0 Å². The number of ether oxygens (including phenoxy) is 2. The number of carbonyl (C=O) groups is 1. The van der Waals surface area contributed by atoms with Crippen LogP contribution in [0.25, 0.3) is 16.7 Å². The van der Waals surface area contributed by atoms with Crippen LogP contribution in [0.5, 0.6) is 0 Å². The van der Waals surface area contributed by atoms with Gasteiger partial charge in [-0.2, -0.15) is 0 Å². The first kappa shape index (κ1) is 18.8. The van der Waals surface area contributed by atoms with Crippen molar-refractivity contribution in [2.45, 2.75) is 44.9 Å². The van der Waals surface area contributed by atoms with Crippen molar-refractivity contribution in [2.24, 2.45) is 0 Å². The van der Waals surface area contributed by atoms with Crippen molar-refractivity contribution in [2.75, 3.05) is 13.2 Å². The van der Waals surface area contributed by atoms with Crippen molar-refractivity contribution in [3.8, 4) is 11.1 Å². The zero-order chi connectivity index (χ0) is 19.7. The Morgan fingerprint density at radius 2 is 1.61 bits per heavy atom. The van der Waals surface area contributed by atoms with Gasteiger partial charge in [-0.3, -0.25) is 4.90 Å². The maximum Gasteiger partial charge on any atom is 0.411 e. The van der Waals surface area contributed by atoms with Crippen LogP contribution in [0.4, 0.5) is 4.79 Å². The van der Waals surface area contributed by atoms with E-state index in [0.29, 0.717) is 13.2 Å². The zero-order valence-electron chi connectivity index (χ0n) is 16.7. The summed E-state index contributed by atoms with van der Waals surface area (Å²) in [5.41, 5.74) is 4.41. The first-order valence-corrected chi connectivity index (χ1v) is 9.86. The molecule has 0 N–H and O–H groups in total. The van der Waals surface area contributed by atoms with E-state index in [2.05, 4.69) is 54.6 Å². The van der Waals surface area contributed by atoms with E-state index in [1.54, 1.807) is 0 Å². The molecule has 2 heterocycles. The van der Waals surface area contributed by atoms with Gasteiger partial charge in [0.25, 0.3) is 0 Å². The largest absolute Gasteiger partial charge is 0.444 e. The number of nitrogens with zero attached hydrogens (tertiary/aromatic N) is 1. The van der Waals surface area contributed by atoms with Crippen LogP contribution in [0, 0.1) is 0 Å². The topological polar surface area (TPSA) is 38.8 Å². The van der Waals surface area contributed by atoms with Gasteiger partial charge in [-0.25, -0.2) is 4.79 Å². The van der Waals surface area contributed by atoms with Crippen molar-refractivity contribution >= 4 is 11.7 Å². The smallest absolute Gasteiger partial charge is 0.411 e. The summed E-state index contributed by atoms with van der Waals surface area (Å²) in [6, 6.07) is 19.0. The molecule has 1 saturated heterocycles. The molecule has 4 heteroatoms. The monoisotopic (exact) mass is 377 g/mol. The van der Waals surface area contributed by atoms with E-state index in [9.17, 15) is 4.79 Å². The van der Waals surface area contributed by atoms with Gasteiger partial charge < -0.3 is 9.47 Å². The Morgan fingerprint density at radius 3 is 2.25 bits per heavy atom. The Kier molecular flexibility index (Phi) is 4.98. The average Bonchev–Trinajstić information content (AvgIpc) is 2.66. The van der Waals surface area contributed by atoms with E-state index in [4.69, 9.17) is 9.47 Å². The van der Waals surface area contributed by atoms with Crippen LogP contribution >= 0.6 is 0 Å². The normalized spacial score (nSPS) is 21.8. The Hall–Kier alpha value is -2.59. The van der Waals surface area contributed by atoms with Gasteiger partial charge in [0.1, 0.15) is 5.60 Å². The molecule has 2 unspecified atom stereocenters. The summed E-state index contributed by atoms with van der Waals surface area (Å²) < 4.78 is 11.3. The lowest BCUT2D eigenvalue weighted by Gasteiger charge is -2.44. The van der Waals surface area contributed by atoms with Crippen molar-refractivity contribution in [1.82, 2.24) is 4.90 Å². The molecule has 2 aromatic rings. The van der Waals surface area contributed by atoms with Gasteiger partial charge in [-0.05, 0) is 49.5 Å². The molecule has 0 spiro atoms. The van der Waals surface area contributed by atoms with Crippen LogP contribution < -0.4 is 0 Å². The van der Waals surface area contributed by atoms with Crippen LogP contribution in [0.1, 0.15) is 32.8 Å². The molecule has 2 aliphatic rings. The van der Waals surface area contributed by atoms with Crippen molar-refractivity contribution in [3.05, 3.63) is 66.2 Å². The number of hydrogen-bond acceptors (Lipinski definition) is 3. The molecule has 2 aliphatic heterocycles. The molecule has 2 aromatic carbocycles. The minimum atomic E-state index is -0.497. The lowest BCUT2D eigenvalue weighted by atomic mass is 9.89. The van der Waals surface area contributed by atoms with Gasteiger partial charge in [-0.1, -0.05) is 60.7 Å². The number of amides is 1. The van der Waals surface area contributed by atoms with E-state index < -0.39 is 5.60 Å². The molecule has 28 heavy (non-hydrogen) atoms. The van der Waals surface area contributed by atoms with Crippen molar-refractivity contribution < 1.29 is 14.3 Å². The van der Waals surface area contributed by atoms with Gasteiger partial charge in [0, 0.05) is 0 Å². The number of hydrogen-bond donors (Lipinski definition) is 0. The molecular formula is C24H27NO3. The third-order valence-electron chi connectivity index (χ3n) is 5.17. The molecule has 2 bridgehead atoms. The molecule has 4 nitrogen and oxygen atoms in total. The maximum absolute atomic E-state index is 12.7. The summed E-state index contributed by atoms with van der Waals surface area (Å²) in [7, 11) is 0. The minimum Gasteiger partial charge on any atom is -0.444 e. The fourth-order valence-electron chi connectivity index (χ4n) is 3.92. The minimum absolute atomic E-state index is 0.0161. The quantitative estimate of drug-likeness (QED) is 0.727. The number of benzene rings is 2. The van der Waals surface area contributed by atoms with Gasteiger partial charge in [-0.15, -0.1) is 0 Å². The van der Waals surface area contributed by atoms with Crippen molar-refractivity contribution in [1.29, 1.82) is 0 Å². The van der Waals surface area contributed by atoms with E-state index in [1.807, 2.05) is 31.7 Å². The van der Waals surface area contributed by atoms with Gasteiger partial charge in [0.2, 0.25) is 0 Å². The highest BCUT2D eigenvalue weighted by Crippen LogP contribution is 2.34. The zero-order valence-corrected chi connectivity index (χ0v) is 16.7. The third kappa shape index (κ3) is 3.97. The Morgan fingerprint density at radius 1 is 0.964 bits per heavy atom. The summed E-state index contributed by atoms with van der Waals surface area (Å²) in [6.07, 6.45) is 2.69. The van der Waals surface area contributed by atoms with E-state index in [1.165, 1.54) is 22.3 Å². The second-order valence-corrected chi connectivity index (χ2v) is 8.49. The summed E-state index contributed by atoms with van der Waals surface area (Å²) in [4.78, 5) is 14.5. The summed E-state index contributed by atoms with van der Waals surface area (Å²) in [6.45, 7) is 6.76. The Labute approximate surface area is 166 Å². The van der Waals surface area contributed by atoms with Crippen LogP contribution in [0.15, 0.2) is 60.7 Å². The molecule has 0 aliphatic carbocycles. The predicted molar refractivity (Wildman–Crippen MR) is 111 cm³/mol. The van der Waals surface area contributed by atoms with Crippen LogP contribution in [-0.4, -0.2) is 41.9 Å². The van der Waals surface area contributed by atoms with Gasteiger partial charge >= 0.3 is 6.09 Å². The average molecular weight is 377 g/mol. The second-order valence-electron chi connectivity index (χ2n) is 8.49. The summed E-state index contributed by atoms with van der Waals surface area (Å²) in [5.74, 6) is 0. The molecule has 2 atom stereocenters. The van der Waals surface area contributed by atoms with Crippen LogP contribution in [0.3, 0.4) is 0 Å². The Bertz CT molecular complexity index is 865. The lowest BCUT2D eigenvalue weighted by molar-refractivity contribution is -0.0510. The molecular weight excluding hydrogens is 350 g/mol. The van der Waals surface area contributed by atoms with Crippen molar-refractivity contribution in [3.63, 3.8) is 0 Å². The second kappa shape index (κ2) is 7.44. The summed E-state index contributed by atoms with van der Waals surface area (Å²) in [5, 5.41) is 0. The highest BCUT2D eigenvalue weighted by molar-refractivity contribution is 5.76. The van der Waals surface area contributed by atoms with Gasteiger partial charge in [0.05, 0.1) is 25.3 Å². The van der Waals surface area contributed by atoms with Gasteiger partial charge in [0.15, 0.2) is 0 Å². The number of rotatable bonds is 2. The highest BCUT2D eigenvalue weighted by atomic mass is 16.6. The Balaban J connectivity index is 1.56. The number of fused-ring (bicyclic) bond motifs is 2. The highest BCUT2D eigenvalue weighted by Gasteiger charge is 2.40. The molecule has 0 saturated carbocycles.